The summed E-state index contributed by atoms with van der Waals surface area (Å²) >= 11 is 0. The summed E-state index contributed by atoms with van der Waals surface area (Å²) in [6.45, 7) is 3.43. The predicted molar refractivity (Wildman–Crippen MR) is 124 cm³/mol. The summed E-state index contributed by atoms with van der Waals surface area (Å²) in [6.07, 6.45) is 0.177. The van der Waals surface area contributed by atoms with Gasteiger partial charge >= 0.3 is 0 Å². The molecule has 0 fully saturated rings. The summed E-state index contributed by atoms with van der Waals surface area (Å²) in [6, 6.07) is 23.7. The number of hydrogen-bond donors (Lipinski definition) is 2. The van der Waals surface area contributed by atoms with Crippen LogP contribution < -0.4 is 15.8 Å². The van der Waals surface area contributed by atoms with E-state index in [1.807, 2.05) is 79.7 Å². The Balaban J connectivity index is 1.54. The Bertz CT molecular complexity index is 1160. The third-order valence-electron chi connectivity index (χ3n) is 5.65. The average molecular weight is 428 g/mol. The molecule has 0 aliphatic carbocycles. The molecule has 3 aromatic rings. The van der Waals surface area contributed by atoms with Crippen LogP contribution in [0, 0.1) is 0 Å². The van der Waals surface area contributed by atoms with E-state index in [0.29, 0.717) is 5.69 Å². The van der Waals surface area contributed by atoms with Crippen molar-refractivity contribution in [1.82, 2.24) is 10.7 Å². The Morgan fingerprint density at radius 3 is 2.28 bits per heavy atom. The molecule has 162 valence electrons. The highest BCUT2D eigenvalue weighted by Gasteiger charge is 2.33. The van der Waals surface area contributed by atoms with Crippen LogP contribution >= 0.6 is 0 Å². The molecule has 4 rings (SSSR count). The molecule has 3 amide bonds. The van der Waals surface area contributed by atoms with Crippen molar-refractivity contribution in [3.63, 3.8) is 0 Å². The fourth-order valence-corrected chi connectivity index (χ4v) is 3.92. The van der Waals surface area contributed by atoms with E-state index in [1.54, 1.807) is 13.0 Å². The molecule has 1 aliphatic rings. The van der Waals surface area contributed by atoms with Gasteiger partial charge in [-0.15, -0.1) is 0 Å². The van der Waals surface area contributed by atoms with Crippen LogP contribution in [-0.2, 0) is 20.8 Å². The summed E-state index contributed by atoms with van der Waals surface area (Å²) in [7, 11) is 0. The SMILES string of the molecule is CC1C(=O)N(NC(=O)[C@H](C)NC(=O)Cc2ccccc2)c2ccccc2-c2ccccc21. The van der Waals surface area contributed by atoms with Gasteiger partial charge in [0, 0.05) is 5.56 Å². The highest BCUT2D eigenvalue weighted by molar-refractivity contribution is 6.06. The lowest BCUT2D eigenvalue weighted by Crippen LogP contribution is -2.54. The number of nitrogens with zero attached hydrogens (tertiary/aromatic N) is 1. The standard InChI is InChI=1S/C26H25N3O3/c1-17-20-12-6-7-13-21(20)22-14-8-9-15-23(22)29(26(17)32)28-25(31)18(2)27-24(30)16-19-10-4-3-5-11-19/h3-15,17-18H,16H2,1-2H3,(H,27,30)(H,28,31)/t17?,18-/m0/s1. The first-order valence-corrected chi connectivity index (χ1v) is 10.6. The molecule has 6 nitrogen and oxygen atoms in total. The zero-order valence-corrected chi connectivity index (χ0v) is 18.0. The number of para-hydroxylation sites is 1. The Labute approximate surface area is 187 Å². The maximum Gasteiger partial charge on any atom is 0.261 e. The molecule has 0 saturated carbocycles. The van der Waals surface area contributed by atoms with Gasteiger partial charge in [0.25, 0.3) is 11.8 Å². The number of fused-ring (bicyclic) bond motifs is 3. The number of carbonyl (C=O) groups is 3. The second-order valence-electron chi connectivity index (χ2n) is 7.93. The molecule has 0 aromatic heterocycles. The number of nitrogens with one attached hydrogen (secondary N) is 2. The lowest BCUT2D eigenvalue weighted by Gasteiger charge is -2.27. The largest absolute Gasteiger partial charge is 0.344 e. The number of hydrazine groups is 1. The van der Waals surface area contributed by atoms with Gasteiger partial charge in [-0.25, -0.2) is 5.01 Å². The first kappa shape index (κ1) is 21.3. The van der Waals surface area contributed by atoms with Crippen molar-refractivity contribution in [3.8, 4) is 11.1 Å². The van der Waals surface area contributed by atoms with Gasteiger partial charge in [-0.3, -0.25) is 19.8 Å². The fourth-order valence-electron chi connectivity index (χ4n) is 3.92. The van der Waals surface area contributed by atoms with Crippen LogP contribution in [0.2, 0.25) is 0 Å². The van der Waals surface area contributed by atoms with Gasteiger partial charge in [0.2, 0.25) is 5.91 Å². The van der Waals surface area contributed by atoms with E-state index in [2.05, 4.69) is 10.7 Å². The number of amides is 3. The molecule has 2 N–H and O–H groups in total. The second kappa shape index (κ2) is 9.06. The summed E-state index contributed by atoms with van der Waals surface area (Å²) in [5.74, 6) is -1.41. The van der Waals surface area contributed by atoms with Crippen molar-refractivity contribution in [2.75, 3.05) is 5.01 Å². The normalized spacial score (nSPS) is 15.8. The lowest BCUT2D eigenvalue weighted by molar-refractivity contribution is -0.130. The number of anilines is 1. The van der Waals surface area contributed by atoms with Crippen molar-refractivity contribution in [2.24, 2.45) is 0 Å². The molecule has 6 heteroatoms. The molecular formula is C26H25N3O3. The molecule has 1 heterocycles. The van der Waals surface area contributed by atoms with E-state index in [1.165, 1.54) is 5.01 Å². The van der Waals surface area contributed by atoms with Crippen LogP contribution in [0.1, 0.15) is 30.9 Å². The molecule has 0 spiro atoms. The third kappa shape index (κ3) is 4.25. The molecular weight excluding hydrogens is 402 g/mol. The van der Waals surface area contributed by atoms with Gasteiger partial charge in [0.05, 0.1) is 18.0 Å². The summed E-state index contributed by atoms with van der Waals surface area (Å²) in [4.78, 5) is 38.6. The summed E-state index contributed by atoms with van der Waals surface area (Å²) < 4.78 is 0. The van der Waals surface area contributed by atoms with Gasteiger partial charge in [0.15, 0.2) is 0 Å². The van der Waals surface area contributed by atoms with Gasteiger partial charge in [0.1, 0.15) is 6.04 Å². The fraction of sp³-hybridized carbons (Fsp3) is 0.192. The number of benzene rings is 3. The van der Waals surface area contributed by atoms with Crippen molar-refractivity contribution in [2.45, 2.75) is 32.2 Å². The van der Waals surface area contributed by atoms with Crippen molar-refractivity contribution in [1.29, 1.82) is 0 Å². The third-order valence-corrected chi connectivity index (χ3v) is 5.65. The van der Waals surface area contributed by atoms with E-state index < -0.39 is 17.9 Å². The molecule has 1 unspecified atom stereocenters. The van der Waals surface area contributed by atoms with Crippen LogP contribution in [0.5, 0.6) is 0 Å². The van der Waals surface area contributed by atoms with Crippen LogP contribution in [-0.4, -0.2) is 23.8 Å². The minimum Gasteiger partial charge on any atom is -0.344 e. The van der Waals surface area contributed by atoms with Crippen LogP contribution in [0.3, 0.4) is 0 Å². The number of rotatable bonds is 5. The maximum atomic E-state index is 13.3. The van der Waals surface area contributed by atoms with Gasteiger partial charge in [-0.1, -0.05) is 72.8 Å². The molecule has 0 bridgehead atoms. The van der Waals surface area contributed by atoms with Gasteiger partial charge in [-0.2, -0.15) is 0 Å². The zero-order chi connectivity index (χ0) is 22.7. The molecule has 0 saturated heterocycles. The number of hydrogen-bond acceptors (Lipinski definition) is 3. The molecule has 0 radical (unpaired) electrons. The highest BCUT2D eigenvalue weighted by Crippen LogP contribution is 2.39. The highest BCUT2D eigenvalue weighted by atomic mass is 16.2. The van der Waals surface area contributed by atoms with E-state index in [4.69, 9.17) is 0 Å². The Morgan fingerprint density at radius 2 is 1.53 bits per heavy atom. The van der Waals surface area contributed by atoms with Crippen LogP contribution in [0.4, 0.5) is 5.69 Å². The van der Waals surface area contributed by atoms with E-state index in [9.17, 15) is 14.4 Å². The molecule has 3 aromatic carbocycles. The topological polar surface area (TPSA) is 78.5 Å². The zero-order valence-electron chi connectivity index (χ0n) is 18.0. The second-order valence-corrected chi connectivity index (χ2v) is 7.93. The van der Waals surface area contributed by atoms with Crippen molar-refractivity contribution >= 4 is 23.4 Å². The van der Waals surface area contributed by atoms with E-state index in [-0.39, 0.29) is 18.2 Å². The Hall–Kier alpha value is -3.93. The average Bonchev–Trinajstić information content (AvgIpc) is 2.89. The monoisotopic (exact) mass is 427 g/mol. The smallest absolute Gasteiger partial charge is 0.261 e. The predicted octanol–water partition coefficient (Wildman–Crippen LogP) is 3.58. The van der Waals surface area contributed by atoms with Gasteiger partial charge in [-0.05, 0) is 36.6 Å². The van der Waals surface area contributed by atoms with Crippen molar-refractivity contribution < 1.29 is 14.4 Å². The van der Waals surface area contributed by atoms with E-state index in [0.717, 1.165) is 22.3 Å². The maximum absolute atomic E-state index is 13.3. The summed E-state index contributed by atoms with van der Waals surface area (Å²) in [5, 5.41) is 4.02. The van der Waals surface area contributed by atoms with Gasteiger partial charge < -0.3 is 5.32 Å². The van der Waals surface area contributed by atoms with Crippen LogP contribution in [0.15, 0.2) is 78.9 Å². The molecule has 2 atom stereocenters. The Morgan fingerprint density at radius 1 is 0.906 bits per heavy atom. The minimum absolute atomic E-state index is 0.177. The van der Waals surface area contributed by atoms with Crippen LogP contribution in [0.25, 0.3) is 11.1 Å². The first-order valence-electron chi connectivity index (χ1n) is 10.6. The minimum atomic E-state index is -0.813. The summed E-state index contributed by atoms with van der Waals surface area (Å²) in [5.41, 5.74) is 6.93. The lowest BCUT2D eigenvalue weighted by atomic mass is 9.92. The Kier molecular flexibility index (Phi) is 6.03. The van der Waals surface area contributed by atoms with Crippen molar-refractivity contribution in [3.05, 3.63) is 90.0 Å². The molecule has 1 aliphatic heterocycles. The quantitative estimate of drug-likeness (QED) is 0.653. The number of carbonyl (C=O) groups excluding carboxylic acids is 3. The van der Waals surface area contributed by atoms with E-state index >= 15 is 0 Å². The molecule has 32 heavy (non-hydrogen) atoms. The first-order chi connectivity index (χ1) is 15.5.